The summed E-state index contributed by atoms with van der Waals surface area (Å²) in [6, 6.07) is 19.9. The van der Waals surface area contributed by atoms with E-state index in [2.05, 4.69) is 13.8 Å². The molecule has 0 saturated heterocycles. The number of carbonyl (C=O) groups is 1. The van der Waals surface area contributed by atoms with E-state index in [1.165, 1.54) is 13.2 Å². The van der Waals surface area contributed by atoms with E-state index >= 15 is 0 Å². The van der Waals surface area contributed by atoms with Gasteiger partial charge in [-0.25, -0.2) is 8.78 Å². The first kappa shape index (κ1) is 24.0. The molecule has 1 aliphatic carbocycles. The van der Waals surface area contributed by atoms with Crippen LogP contribution < -0.4 is 4.74 Å². The fourth-order valence-corrected chi connectivity index (χ4v) is 5.26. The van der Waals surface area contributed by atoms with E-state index in [1.807, 2.05) is 53.1 Å². The molecule has 0 unspecified atom stereocenters. The minimum atomic E-state index is -0.886. The topological polar surface area (TPSA) is 40.5 Å². The molecule has 1 aliphatic rings. The highest BCUT2D eigenvalue weighted by molar-refractivity contribution is 5.90. The summed E-state index contributed by atoms with van der Waals surface area (Å²) in [5.41, 5.74) is 4.70. The quantitative estimate of drug-likeness (QED) is 0.256. The van der Waals surface area contributed by atoms with Gasteiger partial charge in [0.1, 0.15) is 12.4 Å². The number of esters is 1. The highest BCUT2D eigenvalue weighted by Crippen LogP contribution is 2.49. The van der Waals surface area contributed by atoms with E-state index in [4.69, 9.17) is 9.47 Å². The van der Waals surface area contributed by atoms with Crippen LogP contribution in [0.5, 0.6) is 5.75 Å². The second-order valence-electron chi connectivity index (χ2n) is 9.73. The third kappa shape index (κ3) is 4.36. The number of benzene rings is 3. The molecule has 4 aromatic rings. The largest absolute Gasteiger partial charge is 0.489 e. The van der Waals surface area contributed by atoms with Crippen molar-refractivity contribution in [2.75, 3.05) is 7.11 Å². The van der Waals surface area contributed by atoms with Crippen molar-refractivity contribution < 1.29 is 23.0 Å². The molecule has 0 spiro atoms. The Balaban J connectivity index is 1.63. The molecule has 5 rings (SSSR count). The third-order valence-electron chi connectivity index (χ3n) is 7.05. The van der Waals surface area contributed by atoms with Gasteiger partial charge in [0.05, 0.1) is 18.5 Å². The Morgan fingerprint density at radius 2 is 1.75 bits per heavy atom. The summed E-state index contributed by atoms with van der Waals surface area (Å²) < 4.78 is 41.1. The summed E-state index contributed by atoms with van der Waals surface area (Å²) in [6.45, 7) is 4.63. The van der Waals surface area contributed by atoms with Gasteiger partial charge in [-0.15, -0.1) is 0 Å². The fraction of sp³-hybridized carbons (Fsp3) is 0.300. The van der Waals surface area contributed by atoms with E-state index in [-0.39, 0.29) is 23.7 Å². The summed E-state index contributed by atoms with van der Waals surface area (Å²) in [5.74, 6) is -1.08. The molecule has 36 heavy (non-hydrogen) atoms. The van der Waals surface area contributed by atoms with Gasteiger partial charge in [-0.2, -0.15) is 0 Å². The van der Waals surface area contributed by atoms with Crippen LogP contribution in [-0.2, 0) is 16.1 Å². The van der Waals surface area contributed by atoms with Gasteiger partial charge in [0.2, 0.25) is 0 Å². The molecule has 0 bridgehead atoms. The fourth-order valence-electron chi connectivity index (χ4n) is 5.26. The molecule has 3 aromatic carbocycles. The predicted molar refractivity (Wildman–Crippen MR) is 136 cm³/mol. The lowest BCUT2D eigenvalue weighted by Crippen LogP contribution is -2.30. The van der Waals surface area contributed by atoms with Crippen LogP contribution >= 0.6 is 0 Å². The van der Waals surface area contributed by atoms with E-state index in [9.17, 15) is 13.6 Å². The zero-order valence-electron chi connectivity index (χ0n) is 20.6. The van der Waals surface area contributed by atoms with Crippen LogP contribution in [0.2, 0.25) is 0 Å². The average molecular weight is 490 g/mol. The van der Waals surface area contributed by atoms with Crippen molar-refractivity contribution >= 4 is 16.9 Å². The summed E-state index contributed by atoms with van der Waals surface area (Å²) in [5, 5.41) is 1.00. The van der Waals surface area contributed by atoms with E-state index in [0.717, 1.165) is 39.5 Å². The maximum absolute atomic E-state index is 14.3. The van der Waals surface area contributed by atoms with Gasteiger partial charge in [0.25, 0.3) is 0 Å². The number of carbonyl (C=O) groups excluding carboxylic acids is 1. The summed E-state index contributed by atoms with van der Waals surface area (Å²) in [7, 11) is 1.42. The normalized spacial score (nSPS) is 17.3. The Hall–Kier alpha value is -3.67. The molecular weight excluding hydrogens is 460 g/mol. The minimum absolute atomic E-state index is 0.103. The molecule has 186 valence electrons. The number of nitrogens with zero attached hydrogens (tertiary/aromatic N) is 1. The van der Waals surface area contributed by atoms with Crippen molar-refractivity contribution in [3.63, 3.8) is 0 Å². The third-order valence-corrected chi connectivity index (χ3v) is 7.05. The van der Waals surface area contributed by atoms with Crippen LogP contribution in [0, 0.1) is 17.6 Å². The number of ether oxygens (including phenoxy) is 2. The van der Waals surface area contributed by atoms with Crippen molar-refractivity contribution in [3.05, 3.63) is 95.2 Å². The smallest absolute Gasteiger partial charge is 0.308 e. The number of halogens is 2. The Labute approximate surface area is 209 Å². The molecule has 1 saturated carbocycles. The lowest BCUT2D eigenvalue weighted by atomic mass is 9.70. The SMILES string of the molecule is COC(=O)C1CC(c2c(C(C)C)n(-c3ccc(F)c(F)c3)c3ccc(OCc4ccccc4)cc23)C1. The molecule has 1 aromatic heterocycles. The van der Waals surface area contributed by atoms with Crippen molar-refractivity contribution in [3.8, 4) is 11.4 Å². The van der Waals surface area contributed by atoms with E-state index in [0.29, 0.717) is 25.1 Å². The van der Waals surface area contributed by atoms with Gasteiger partial charge in [-0.05, 0) is 66.1 Å². The number of rotatable bonds is 7. The maximum Gasteiger partial charge on any atom is 0.308 e. The monoisotopic (exact) mass is 489 g/mol. The lowest BCUT2D eigenvalue weighted by molar-refractivity contribution is -0.148. The van der Waals surface area contributed by atoms with Crippen LogP contribution in [0.25, 0.3) is 16.6 Å². The first-order chi connectivity index (χ1) is 17.4. The second-order valence-corrected chi connectivity index (χ2v) is 9.73. The summed E-state index contributed by atoms with van der Waals surface area (Å²) in [4.78, 5) is 12.1. The van der Waals surface area contributed by atoms with Crippen LogP contribution in [-0.4, -0.2) is 17.6 Å². The summed E-state index contributed by atoms with van der Waals surface area (Å²) in [6.07, 6.45) is 1.39. The molecule has 0 N–H and O–H groups in total. The molecule has 1 fully saturated rings. The van der Waals surface area contributed by atoms with Gasteiger partial charge in [-0.1, -0.05) is 44.2 Å². The van der Waals surface area contributed by atoms with Gasteiger partial charge in [-0.3, -0.25) is 4.79 Å². The first-order valence-electron chi connectivity index (χ1n) is 12.3. The average Bonchev–Trinajstić information content (AvgIpc) is 3.18. The molecule has 4 nitrogen and oxygen atoms in total. The number of aromatic nitrogens is 1. The standard InChI is InChI=1S/C30H29F2NO3/c1-18(2)29-28(20-13-21(14-20)30(34)35-3)24-16-23(36-17-19-7-5-4-6-8-19)10-12-27(24)33(29)22-9-11-25(31)26(32)15-22/h4-12,15-16,18,20-21H,13-14,17H2,1-3H3. The van der Waals surface area contributed by atoms with Crippen LogP contribution in [0.1, 0.15) is 55.3 Å². The minimum Gasteiger partial charge on any atom is -0.489 e. The van der Waals surface area contributed by atoms with Crippen molar-refractivity contribution in [2.24, 2.45) is 5.92 Å². The zero-order valence-corrected chi connectivity index (χ0v) is 20.6. The van der Waals surface area contributed by atoms with Gasteiger partial charge in [0, 0.05) is 22.8 Å². The zero-order chi connectivity index (χ0) is 25.4. The van der Waals surface area contributed by atoms with E-state index in [1.54, 1.807) is 6.07 Å². The summed E-state index contributed by atoms with van der Waals surface area (Å²) >= 11 is 0. The Morgan fingerprint density at radius 1 is 1.00 bits per heavy atom. The highest BCUT2D eigenvalue weighted by Gasteiger charge is 2.39. The van der Waals surface area contributed by atoms with E-state index < -0.39 is 11.6 Å². The molecule has 0 amide bonds. The second kappa shape index (κ2) is 9.76. The number of methoxy groups -OCH3 is 1. The number of fused-ring (bicyclic) bond motifs is 1. The van der Waals surface area contributed by atoms with Crippen molar-refractivity contribution in [1.29, 1.82) is 0 Å². The highest BCUT2D eigenvalue weighted by atomic mass is 19.2. The molecule has 1 heterocycles. The molecular formula is C30H29F2NO3. The molecule has 6 heteroatoms. The Morgan fingerprint density at radius 3 is 2.42 bits per heavy atom. The molecule has 0 aliphatic heterocycles. The van der Waals surface area contributed by atoms with Crippen LogP contribution in [0.3, 0.4) is 0 Å². The Kier molecular flexibility index (Phi) is 6.52. The number of hydrogen-bond acceptors (Lipinski definition) is 3. The van der Waals surface area contributed by atoms with Crippen molar-refractivity contribution in [1.82, 2.24) is 4.57 Å². The lowest BCUT2D eigenvalue weighted by Gasteiger charge is -2.34. The number of hydrogen-bond donors (Lipinski definition) is 0. The maximum atomic E-state index is 14.3. The first-order valence-corrected chi connectivity index (χ1v) is 12.3. The van der Waals surface area contributed by atoms with Gasteiger partial charge in [0.15, 0.2) is 11.6 Å². The van der Waals surface area contributed by atoms with Crippen LogP contribution in [0.4, 0.5) is 8.78 Å². The Bertz CT molecular complexity index is 1400. The molecule has 0 atom stereocenters. The predicted octanol–water partition coefficient (Wildman–Crippen LogP) is 7.28. The van der Waals surface area contributed by atoms with Gasteiger partial charge >= 0.3 is 5.97 Å². The van der Waals surface area contributed by atoms with Gasteiger partial charge < -0.3 is 14.0 Å². The molecule has 0 radical (unpaired) electrons. The van der Waals surface area contributed by atoms with Crippen LogP contribution in [0.15, 0.2) is 66.7 Å². The van der Waals surface area contributed by atoms with Crippen molar-refractivity contribution in [2.45, 2.75) is 45.1 Å².